The lowest BCUT2D eigenvalue weighted by atomic mass is 9.64. The highest BCUT2D eigenvalue weighted by molar-refractivity contribution is 7.93. The fourth-order valence-electron chi connectivity index (χ4n) is 2.96. The van der Waals surface area contributed by atoms with E-state index >= 15 is 0 Å². The minimum atomic E-state index is -4.79. The molecule has 1 saturated heterocycles. The van der Waals surface area contributed by atoms with Crippen molar-refractivity contribution in [3.63, 3.8) is 0 Å². The molecule has 116 valence electrons. The van der Waals surface area contributed by atoms with Crippen molar-refractivity contribution in [2.24, 2.45) is 5.41 Å². The molecule has 0 bridgehead atoms. The molecule has 0 aromatic heterocycles. The van der Waals surface area contributed by atoms with Gasteiger partial charge in [-0.1, -0.05) is 6.07 Å². The van der Waals surface area contributed by atoms with Gasteiger partial charge in [0.2, 0.25) is 0 Å². The van der Waals surface area contributed by atoms with Gasteiger partial charge in [-0.25, -0.2) is 8.99 Å². The summed E-state index contributed by atoms with van der Waals surface area (Å²) in [6, 6.07) is 4.98. The lowest BCUT2D eigenvalue weighted by molar-refractivity contribution is -0.274. The monoisotopic (exact) mass is 320 g/mol. The van der Waals surface area contributed by atoms with E-state index in [0.29, 0.717) is 12.8 Å². The topological polar surface area (TPSA) is 62.2 Å². The molecule has 1 aromatic rings. The van der Waals surface area contributed by atoms with Gasteiger partial charge in [-0.2, -0.15) is 0 Å². The van der Waals surface area contributed by atoms with E-state index in [1.54, 1.807) is 0 Å². The second-order valence-corrected chi connectivity index (χ2v) is 8.10. The van der Waals surface area contributed by atoms with Crippen molar-refractivity contribution in [3.05, 3.63) is 24.3 Å². The molecule has 1 atom stereocenters. The van der Waals surface area contributed by atoms with E-state index < -0.39 is 21.8 Å². The molecule has 2 aliphatic rings. The lowest BCUT2D eigenvalue weighted by Gasteiger charge is -2.54. The number of hydrogen-bond acceptors (Lipinski definition) is 4. The molecule has 1 aliphatic carbocycles. The predicted molar refractivity (Wildman–Crippen MR) is 70.6 cm³/mol. The van der Waals surface area contributed by atoms with Crippen molar-refractivity contribution >= 4 is 9.73 Å². The van der Waals surface area contributed by atoms with Gasteiger partial charge in [0, 0.05) is 18.3 Å². The average Bonchev–Trinajstić information content (AvgIpc) is 2.22. The van der Waals surface area contributed by atoms with Gasteiger partial charge in [-0.3, -0.25) is 0 Å². The standard InChI is InChI=1S/C13H15F3N2O2S/c14-13(15,16)20-9-2-1-3-10(4-9)21(17,19)11-5-12(6-11)7-18-8-12/h1-4,11,17-18H,5-8H2. The molecule has 3 rings (SSSR count). The van der Waals surface area contributed by atoms with E-state index in [4.69, 9.17) is 4.78 Å². The first kappa shape index (κ1) is 14.6. The number of alkyl halides is 3. The predicted octanol–water partition coefficient (Wildman–Crippen LogP) is 2.74. The molecule has 0 radical (unpaired) electrons. The summed E-state index contributed by atoms with van der Waals surface area (Å²) in [5, 5.41) is 2.86. The van der Waals surface area contributed by atoms with Gasteiger partial charge in [0.25, 0.3) is 0 Å². The van der Waals surface area contributed by atoms with Gasteiger partial charge in [0.15, 0.2) is 0 Å². The number of nitrogens with one attached hydrogen (secondary N) is 2. The highest BCUT2D eigenvalue weighted by Gasteiger charge is 2.52. The number of benzene rings is 1. The number of hydrogen-bond donors (Lipinski definition) is 2. The van der Waals surface area contributed by atoms with Gasteiger partial charge >= 0.3 is 6.36 Å². The summed E-state index contributed by atoms with van der Waals surface area (Å²) in [6.45, 7) is 1.74. The minimum absolute atomic E-state index is 0.108. The SMILES string of the molecule is N=S(=O)(c1cccc(OC(F)(F)F)c1)C1CC2(CNC2)C1. The van der Waals surface area contributed by atoms with Crippen molar-refractivity contribution in [3.8, 4) is 5.75 Å². The molecule has 1 aliphatic heterocycles. The minimum Gasteiger partial charge on any atom is -0.406 e. The Balaban J connectivity index is 1.78. The van der Waals surface area contributed by atoms with Gasteiger partial charge in [0.1, 0.15) is 5.75 Å². The van der Waals surface area contributed by atoms with Gasteiger partial charge in [-0.15, -0.1) is 13.2 Å². The first-order valence-electron chi connectivity index (χ1n) is 6.54. The zero-order valence-electron chi connectivity index (χ0n) is 11.1. The molecule has 1 aromatic carbocycles. The van der Waals surface area contributed by atoms with Crippen molar-refractivity contribution in [2.45, 2.75) is 29.3 Å². The second-order valence-electron chi connectivity index (χ2n) is 5.76. The maximum atomic E-state index is 12.6. The molecule has 0 amide bonds. The van der Waals surface area contributed by atoms with E-state index in [9.17, 15) is 17.4 Å². The number of ether oxygens (including phenoxy) is 1. The third-order valence-electron chi connectivity index (χ3n) is 4.18. The third kappa shape index (κ3) is 2.74. The molecule has 1 heterocycles. The first-order chi connectivity index (χ1) is 9.70. The summed E-state index contributed by atoms with van der Waals surface area (Å²) in [6.07, 6.45) is -3.42. The zero-order chi connectivity index (χ0) is 15.3. The Hall–Kier alpha value is -1.28. The molecule has 1 unspecified atom stereocenters. The molecule has 8 heteroatoms. The normalized spacial score (nSPS) is 24.0. The summed E-state index contributed by atoms with van der Waals surface area (Å²) in [5.74, 6) is -0.431. The smallest absolute Gasteiger partial charge is 0.406 e. The Morgan fingerprint density at radius 1 is 1.33 bits per heavy atom. The van der Waals surface area contributed by atoms with Gasteiger partial charge in [-0.05, 0) is 36.5 Å². The molecule has 2 fully saturated rings. The van der Waals surface area contributed by atoms with Crippen LogP contribution in [0.5, 0.6) is 5.75 Å². The number of rotatable bonds is 3. The number of halogens is 3. The van der Waals surface area contributed by atoms with E-state index in [2.05, 4.69) is 10.1 Å². The van der Waals surface area contributed by atoms with Crippen LogP contribution in [-0.2, 0) is 9.73 Å². The molecule has 4 nitrogen and oxygen atoms in total. The molecule has 1 saturated carbocycles. The van der Waals surface area contributed by atoms with Crippen molar-refractivity contribution in [1.29, 1.82) is 4.78 Å². The maximum Gasteiger partial charge on any atom is 0.573 e. The summed E-state index contributed by atoms with van der Waals surface area (Å²) >= 11 is 0. The summed E-state index contributed by atoms with van der Waals surface area (Å²) in [7, 11) is -3.10. The second kappa shape index (κ2) is 4.61. The van der Waals surface area contributed by atoms with Crippen molar-refractivity contribution in [2.75, 3.05) is 13.1 Å². The van der Waals surface area contributed by atoms with Crippen LogP contribution in [0.3, 0.4) is 0 Å². The first-order valence-corrected chi connectivity index (χ1v) is 8.17. The van der Waals surface area contributed by atoms with Gasteiger partial charge in [0.05, 0.1) is 14.6 Å². The lowest BCUT2D eigenvalue weighted by Crippen LogP contribution is -2.63. The Morgan fingerprint density at radius 3 is 2.52 bits per heavy atom. The summed E-state index contributed by atoms with van der Waals surface area (Å²) in [4.78, 5) is 0.108. The zero-order valence-corrected chi connectivity index (χ0v) is 11.9. The average molecular weight is 320 g/mol. The van der Waals surface area contributed by atoms with Crippen LogP contribution in [0.15, 0.2) is 29.2 Å². The van der Waals surface area contributed by atoms with Crippen LogP contribution >= 0.6 is 0 Å². The quantitative estimate of drug-likeness (QED) is 0.900. The van der Waals surface area contributed by atoms with E-state index in [0.717, 1.165) is 25.2 Å². The Kier molecular flexibility index (Phi) is 3.21. The fourth-order valence-corrected chi connectivity index (χ4v) is 5.09. The van der Waals surface area contributed by atoms with Crippen LogP contribution in [-0.4, -0.2) is 28.9 Å². The maximum absolute atomic E-state index is 12.6. The van der Waals surface area contributed by atoms with Crippen molar-refractivity contribution < 1.29 is 22.1 Å². The van der Waals surface area contributed by atoms with E-state index in [1.807, 2.05) is 0 Å². The molecular weight excluding hydrogens is 305 g/mol. The van der Waals surface area contributed by atoms with E-state index in [-0.39, 0.29) is 15.6 Å². The molecule has 1 spiro atoms. The fraction of sp³-hybridized carbons (Fsp3) is 0.538. The van der Waals surface area contributed by atoms with Crippen LogP contribution in [0.2, 0.25) is 0 Å². The van der Waals surface area contributed by atoms with Crippen molar-refractivity contribution in [1.82, 2.24) is 5.32 Å². The highest BCUT2D eigenvalue weighted by Crippen LogP contribution is 2.49. The Morgan fingerprint density at radius 2 is 2.00 bits per heavy atom. The Bertz CT molecular complexity index is 646. The Labute approximate surface area is 120 Å². The van der Waals surface area contributed by atoms with Crippen LogP contribution in [0.25, 0.3) is 0 Å². The van der Waals surface area contributed by atoms with Crippen LogP contribution < -0.4 is 10.1 Å². The highest BCUT2D eigenvalue weighted by atomic mass is 32.2. The van der Waals surface area contributed by atoms with Crippen LogP contribution in [0, 0.1) is 10.2 Å². The third-order valence-corrected chi connectivity index (χ3v) is 6.41. The molecule has 21 heavy (non-hydrogen) atoms. The summed E-state index contributed by atoms with van der Waals surface area (Å²) < 4.78 is 61.2. The van der Waals surface area contributed by atoms with E-state index in [1.165, 1.54) is 12.1 Å². The molecular formula is C13H15F3N2O2S. The van der Waals surface area contributed by atoms with Crippen LogP contribution in [0.1, 0.15) is 12.8 Å². The largest absolute Gasteiger partial charge is 0.573 e. The molecule has 2 N–H and O–H groups in total. The summed E-state index contributed by atoms with van der Waals surface area (Å²) in [5.41, 5.74) is 0.161. The van der Waals surface area contributed by atoms with Gasteiger partial charge < -0.3 is 10.1 Å². The van der Waals surface area contributed by atoms with Crippen LogP contribution in [0.4, 0.5) is 13.2 Å².